The number of hydrogen-bond acceptors (Lipinski definition) is 5. The molecule has 5 heteroatoms. The molecule has 1 fully saturated rings. The number of thiazole rings is 1. The lowest BCUT2D eigenvalue weighted by molar-refractivity contribution is 0.730. The second-order valence-corrected chi connectivity index (χ2v) is 8.16. The molecule has 0 amide bonds. The van der Waals surface area contributed by atoms with E-state index in [1.54, 1.807) is 0 Å². The van der Waals surface area contributed by atoms with Crippen LogP contribution in [0, 0.1) is 6.92 Å². The van der Waals surface area contributed by atoms with Gasteiger partial charge >= 0.3 is 0 Å². The van der Waals surface area contributed by atoms with Gasteiger partial charge in [-0.2, -0.15) is 11.8 Å². The third kappa shape index (κ3) is 3.44. The molecule has 1 aromatic rings. The standard InChI is InChI=1S/C13H22N2S3/c1-4-10-12(17-7-6-16-10)13-15-9(3)11(18-13)8-14-5-2/h10,12,14H,4-8H2,1-3H3. The van der Waals surface area contributed by atoms with Crippen molar-refractivity contribution in [3.8, 4) is 0 Å². The minimum absolute atomic E-state index is 0.618. The Hall–Kier alpha value is 0.290. The largest absolute Gasteiger partial charge is 0.312 e. The molecule has 1 saturated heterocycles. The van der Waals surface area contributed by atoms with Crippen LogP contribution in [0.15, 0.2) is 0 Å². The van der Waals surface area contributed by atoms with Gasteiger partial charge in [-0.1, -0.05) is 13.8 Å². The maximum atomic E-state index is 4.83. The molecule has 0 bridgehead atoms. The van der Waals surface area contributed by atoms with Crippen molar-refractivity contribution in [2.75, 3.05) is 18.1 Å². The summed E-state index contributed by atoms with van der Waals surface area (Å²) in [7, 11) is 0. The summed E-state index contributed by atoms with van der Waals surface area (Å²) in [5.41, 5.74) is 1.22. The van der Waals surface area contributed by atoms with E-state index in [2.05, 4.69) is 49.6 Å². The summed E-state index contributed by atoms with van der Waals surface area (Å²) in [5.74, 6) is 2.57. The Labute approximate surface area is 123 Å². The molecule has 0 radical (unpaired) electrons. The summed E-state index contributed by atoms with van der Waals surface area (Å²) in [5, 5.41) is 6.13. The highest BCUT2D eigenvalue weighted by Gasteiger charge is 2.29. The van der Waals surface area contributed by atoms with E-state index in [4.69, 9.17) is 4.98 Å². The molecule has 102 valence electrons. The summed E-state index contributed by atoms with van der Waals surface area (Å²) in [6.45, 7) is 8.60. The van der Waals surface area contributed by atoms with Crippen LogP contribution in [0.4, 0.5) is 0 Å². The number of nitrogens with zero attached hydrogens (tertiary/aromatic N) is 1. The molecule has 0 aliphatic carbocycles. The second kappa shape index (κ2) is 7.17. The molecule has 2 rings (SSSR count). The highest BCUT2D eigenvalue weighted by molar-refractivity contribution is 8.06. The Morgan fingerprint density at radius 1 is 1.28 bits per heavy atom. The fourth-order valence-electron chi connectivity index (χ4n) is 2.11. The number of nitrogens with one attached hydrogen (secondary N) is 1. The second-order valence-electron chi connectivity index (χ2n) is 4.45. The summed E-state index contributed by atoms with van der Waals surface area (Å²) in [4.78, 5) is 6.24. The highest BCUT2D eigenvalue weighted by Crippen LogP contribution is 2.45. The average Bonchev–Trinajstić information content (AvgIpc) is 2.77. The van der Waals surface area contributed by atoms with Gasteiger partial charge in [-0.05, 0) is 19.9 Å². The van der Waals surface area contributed by atoms with E-state index in [9.17, 15) is 0 Å². The molecule has 2 heterocycles. The van der Waals surface area contributed by atoms with Crippen LogP contribution in [0.5, 0.6) is 0 Å². The van der Waals surface area contributed by atoms with E-state index < -0.39 is 0 Å². The molecule has 0 spiro atoms. The van der Waals surface area contributed by atoms with Crippen LogP contribution in [0.3, 0.4) is 0 Å². The first-order valence-corrected chi connectivity index (χ1v) is 9.57. The van der Waals surface area contributed by atoms with Crippen molar-refractivity contribution in [1.82, 2.24) is 10.3 Å². The summed E-state index contributed by atoms with van der Waals surface area (Å²) < 4.78 is 0. The zero-order chi connectivity index (χ0) is 13.0. The average molecular weight is 303 g/mol. The molecule has 0 saturated carbocycles. The van der Waals surface area contributed by atoms with Crippen molar-refractivity contribution in [2.24, 2.45) is 0 Å². The van der Waals surface area contributed by atoms with E-state index in [0.29, 0.717) is 5.25 Å². The topological polar surface area (TPSA) is 24.9 Å². The molecular formula is C13H22N2S3. The van der Waals surface area contributed by atoms with E-state index in [1.165, 1.54) is 33.5 Å². The first-order valence-electron chi connectivity index (χ1n) is 6.66. The monoisotopic (exact) mass is 302 g/mol. The highest BCUT2D eigenvalue weighted by atomic mass is 32.2. The van der Waals surface area contributed by atoms with Gasteiger partial charge in [0.05, 0.1) is 10.9 Å². The molecule has 2 nitrogen and oxygen atoms in total. The van der Waals surface area contributed by atoms with E-state index in [-0.39, 0.29) is 0 Å². The summed E-state index contributed by atoms with van der Waals surface area (Å²) in [6.07, 6.45) is 1.25. The van der Waals surface area contributed by atoms with Gasteiger partial charge in [0.25, 0.3) is 0 Å². The third-order valence-electron chi connectivity index (χ3n) is 3.14. The van der Waals surface area contributed by atoms with E-state index >= 15 is 0 Å². The predicted molar refractivity (Wildman–Crippen MR) is 86.0 cm³/mol. The lowest BCUT2D eigenvalue weighted by Crippen LogP contribution is -2.18. The van der Waals surface area contributed by atoms with Gasteiger partial charge in [-0.15, -0.1) is 23.1 Å². The van der Waals surface area contributed by atoms with Gasteiger partial charge in [-0.3, -0.25) is 0 Å². The van der Waals surface area contributed by atoms with Gasteiger partial charge in [0.1, 0.15) is 5.01 Å². The molecule has 1 N–H and O–H groups in total. The van der Waals surface area contributed by atoms with Crippen molar-refractivity contribution < 1.29 is 0 Å². The van der Waals surface area contributed by atoms with Crippen LogP contribution in [0.1, 0.15) is 41.1 Å². The third-order valence-corrected chi connectivity index (χ3v) is 7.79. The Morgan fingerprint density at radius 3 is 2.78 bits per heavy atom. The summed E-state index contributed by atoms with van der Waals surface area (Å²) in [6, 6.07) is 0. The number of aromatic nitrogens is 1. The normalized spacial score (nSPS) is 24.4. The SMILES string of the molecule is CCNCc1sc(C2SCCSC2CC)nc1C. The van der Waals surface area contributed by atoms with Gasteiger partial charge in [0.2, 0.25) is 0 Å². The predicted octanol–water partition coefficient (Wildman–Crippen LogP) is 3.86. The maximum Gasteiger partial charge on any atom is 0.107 e. The van der Waals surface area contributed by atoms with Crippen molar-refractivity contribution in [1.29, 1.82) is 0 Å². The zero-order valence-electron chi connectivity index (χ0n) is 11.4. The Bertz CT molecular complexity index is 378. The quantitative estimate of drug-likeness (QED) is 0.893. The Kier molecular flexibility index (Phi) is 5.86. The van der Waals surface area contributed by atoms with Crippen LogP contribution in [-0.4, -0.2) is 28.3 Å². The van der Waals surface area contributed by atoms with Crippen molar-refractivity contribution in [2.45, 2.75) is 44.2 Å². The van der Waals surface area contributed by atoms with Gasteiger partial charge in [-0.25, -0.2) is 4.98 Å². The number of thioether (sulfide) groups is 2. The zero-order valence-corrected chi connectivity index (χ0v) is 13.8. The molecule has 1 aliphatic rings. The molecule has 1 aromatic heterocycles. The molecule has 18 heavy (non-hydrogen) atoms. The maximum absolute atomic E-state index is 4.83. The molecule has 2 unspecified atom stereocenters. The van der Waals surface area contributed by atoms with Crippen molar-refractivity contribution >= 4 is 34.9 Å². The van der Waals surface area contributed by atoms with E-state index in [0.717, 1.165) is 18.3 Å². The smallest absolute Gasteiger partial charge is 0.107 e. The minimum atomic E-state index is 0.618. The van der Waals surface area contributed by atoms with Crippen LogP contribution in [-0.2, 0) is 6.54 Å². The van der Waals surface area contributed by atoms with Crippen molar-refractivity contribution in [3.05, 3.63) is 15.6 Å². The molecule has 2 atom stereocenters. The molecule has 1 aliphatic heterocycles. The number of aryl methyl sites for hydroxylation is 1. The number of rotatable bonds is 5. The van der Waals surface area contributed by atoms with Crippen LogP contribution >= 0.6 is 34.9 Å². The Balaban J connectivity index is 2.11. The van der Waals surface area contributed by atoms with Gasteiger partial charge in [0.15, 0.2) is 0 Å². The fraction of sp³-hybridized carbons (Fsp3) is 0.769. The fourth-order valence-corrected chi connectivity index (χ4v) is 6.56. The summed E-state index contributed by atoms with van der Waals surface area (Å²) >= 11 is 6.15. The van der Waals surface area contributed by atoms with Gasteiger partial charge in [0, 0.05) is 28.2 Å². The number of hydrogen-bond donors (Lipinski definition) is 1. The van der Waals surface area contributed by atoms with Crippen molar-refractivity contribution in [3.63, 3.8) is 0 Å². The van der Waals surface area contributed by atoms with Crippen LogP contribution in [0.25, 0.3) is 0 Å². The molecular weight excluding hydrogens is 280 g/mol. The first kappa shape index (κ1) is 14.7. The van der Waals surface area contributed by atoms with E-state index in [1.807, 2.05) is 11.3 Å². The lowest BCUT2D eigenvalue weighted by Gasteiger charge is -2.28. The molecule has 0 aromatic carbocycles. The lowest BCUT2D eigenvalue weighted by atomic mass is 10.2. The minimum Gasteiger partial charge on any atom is -0.312 e. The van der Waals surface area contributed by atoms with Crippen LogP contribution in [0.2, 0.25) is 0 Å². The first-order chi connectivity index (χ1) is 8.76. The van der Waals surface area contributed by atoms with Gasteiger partial charge < -0.3 is 5.32 Å². The Morgan fingerprint density at radius 2 is 2.06 bits per heavy atom. The van der Waals surface area contributed by atoms with Crippen LogP contribution < -0.4 is 5.32 Å².